The Balaban J connectivity index is 1.90. The van der Waals surface area contributed by atoms with E-state index in [-0.39, 0.29) is 5.60 Å². The third kappa shape index (κ3) is 3.80. The van der Waals surface area contributed by atoms with E-state index in [0.717, 1.165) is 12.1 Å². The van der Waals surface area contributed by atoms with Crippen molar-refractivity contribution in [2.24, 2.45) is 5.73 Å². The summed E-state index contributed by atoms with van der Waals surface area (Å²) in [6.45, 7) is 5.27. The van der Waals surface area contributed by atoms with Crippen LogP contribution in [0.25, 0.3) is 0 Å². The first-order valence-corrected chi connectivity index (χ1v) is 7.55. The van der Waals surface area contributed by atoms with Gasteiger partial charge in [0.15, 0.2) is 0 Å². The van der Waals surface area contributed by atoms with Crippen molar-refractivity contribution < 1.29 is 4.74 Å². The molecule has 108 valence electrons. The van der Waals surface area contributed by atoms with Crippen LogP contribution in [-0.2, 0) is 11.3 Å². The second-order valence-electron chi connectivity index (χ2n) is 5.88. The van der Waals surface area contributed by atoms with Gasteiger partial charge in [0.1, 0.15) is 0 Å². The van der Waals surface area contributed by atoms with E-state index in [2.05, 4.69) is 35.9 Å². The molecular weight excluding hydrogens is 238 g/mol. The zero-order valence-electron chi connectivity index (χ0n) is 12.3. The molecule has 0 bridgehead atoms. The van der Waals surface area contributed by atoms with Crippen LogP contribution in [0.5, 0.6) is 0 Å². The fourth-order valence-corrected chi connectivity index (χ4v) is 2.56. The van der Waals surface area contributed by atoms with Crippen molar-refractivity contribution in [2.75, 3.05) is 6.54 Å². The Bertz CT molecular complexity index is 378. The van der Waals surface area contributed by atoms with Gasteiger partial charge in [-0.25, -0.2) is 0 Å². The highest BCUT2D eigenvalue weighted by Crippen LogP contribution is 2.27. The largest absolute Gasteiger partial charge is 0.368 e. The summed E-state index contributed by atoms with van der Waals surface area (Å²) in [6.07, 6.45) is 9.58. The van der Waals surface area contributed by atoms with Gasteiger partial charge >= 0.3 is 0 Å². The fourth-order valence-electron chi connectivity index (χ4n) is 2.56. The van der Waals surface area contributed by atoms with Gasteiger partial charge in [0.25, 0.3) is 0 Å². The maximum absolute atomic E-state index is 5.91. The molecule has 1 aromatic heterocycles. The molecule has 2 N–H and O–H groups in total. The zero-order valence-corrected chi connectivity index (χ0v) is 12.3. The molecule has 1 heterocycles. The van der Waals surface area contributed by atoms with Crippen molar-refractivity contribution >= 4 is 0 Å². The Kier molecular flexibility index (Phi) is 4.99. The first-order valence-electron chi connectivity index (χ1n) is 7.55. The predicted octanol–water partition coefficient (Wildman–Crippen LogP) is 3.03. The van der Waals surface area contributed by atoms with Crippen LogP contribution in [-0.4, -0.2) is 21.9 Å². The van der Waals surface area contributed by atoms with Crippen molar-refractivity contribution in [1.29, 1.82) is 0 Å². The van der Waals surface area contributed by atoms with E-state index >= 15 is 0 Å². The van der Waals surface area contributed by atoms with E-state index in [0.29, 0.717) is 19.2 Å². The molecule has 0 saturated heterocycles. The average molecular weight is 265 g/mol. The standard InChI is InChI=1S/C15H27N3O/c1-3-15(2,12-16)19-11-13-9-10-18(17-13)14-7-5-4-6-8-14/h9-10,14H,3-8,11-12,16H2,1-2H3. The van der Waals surface area contributed by atoms with Crippen molar-refractivity contribution in [3.8, 4) is 0 Å². The molecule has 1 fully saturated rings. The summed E-state index contributed by atoms with van der Waals surface area (Å²) in [5.41, 5.74) is 6.54. The predicted molar refractivity (Wildman–Crippen MR) is 76.9 cm³/mol. The Morgan fingerprint density at radius 2 is 2.16 bits per heavy atom. The van der Waals surface area contributed by atoms with Gasteiger partial charge in [-0.1, -0.05) is 26.2 Å². The smallest absolute Gasteiger partial charge is 0.0914 e. The molecule has 0 aromatic carbocycles. The quantitative estimate of drug-likeness (QED) is 0.860. The van der Waals surface area contributed by atoms with Crippen LogP contribution in [0.2, 0.25) is 0 Å². The Morgan fingerprint density at radius 1 is 1.42 bits per heavy atom. The van der Waals surface area contributed by atoms with E-state index in [1.54, 1.807) is 0 Å². The lowest BCUT2D eigenvalue weighted by Crippen LogP contribution is -2.36. The molecule has 4 nitrogen and oxygen atoms in total. The fraction of sp³-hybridized carbons (Fsp3) is 0.800. The molecule has 0 spiro atoms. The third-order valence-corrected chi connectivity index (χ3v) is 4.36. The molecule has 1 aliphatic carbocycles. The van der Waals surface area contributed by atoms with Gasteiger partial charge in [0.05, 0.1) is 23.9 Å². The minimum atomic E-state index is -0.228. The number of aromatic nitrogens is 2. The molecule has 1 aliphatic rings. The molecule has 0 radical (unpaired) electrons. The Morgan fingerprint density at radius 3 is 2.79 bits per heavy atom. The topological polar surface area (TPSA) is 53.1 Å². The zero-order chi connectivity index (χ0) is 13.7. The second-order valence-corrected chi connectivity index (χ2v) is 5.88. The summed E-state index contributed by atoms with van der Waals surface area (Å²) in [6, 6.07) is 2.66. The molecule has 1 atom stereocenters. The van der Waals surface area contributed by atoms with E-state index in [1.807, 2.05) is 0 Å². The van der Waals surface area contributed by atoms with E-state index in [9.17, 15) is 0 Å². The highest BCUT2D eigenvalue weighted by molar-refractivity contribution is 4.99. The van der Waals surface area contributed by atoms with Gasteiger partial charge in [-0.2, -0.15) is 5.10 Å². The van der Waals surface area contributed by atoms with Crippen LogP contribution in [0, 0.1) is 0 Å². The van der Waals surface area contributed by atoms with E-state index in [4.69, 9.17) is 10.5 Å². The van der Waals surface area contributed by atoms with Gasteiger partial charge in [-0.05, 0) is 32.3 Å². The molecule has 2 rings (SSSR count). The minimum Gasteiger partial charge on any atom is -0.368 e. The van der Waals surface area contributed by atoms with Crippen molar-refractivity contribution in [2.45, 2.75) is 70.6 Å². The SMILES string of the molecule is CCC(C)(CN)OCc1ccn(C2CCCCC2)n1. The first kappa shape index (κ1) is 14.5. The normalized spacial score (nSPS) is 20.4. The minimum absolute atomic E-state index is 0.228. The van der Waals surface area contributed by atoms with Gasteiger partial charge in [-0.3, -0.25) is 4.68 Å². The monoisotopic (exact) mass is 265 g/mol. The van der Waals surface area contributed by atoms with Gasteiger partial charge in [0.2, 0.25) is 0 Å². The summed E-state index contributed by atoms with van der Waals surface area (Å²) < 4.78 is 8.04. The van der Waals surface area contributed by atoms with Crippen LogP contribution in [0.15, 0.2) is 12.3 Å². The van der Waals surface area contributed by atoms with E-state index in [1.165, 1.54) is 32.1 Å². The van der Waals surface area contributed by atoms with Gasteiger partial charge < -0.3 is 10.5 Å². The molecule has 19 heavy (non-hydrogen) atoms. The number of hydrogen-bond acceptors (Lipinski definition) is 3. The summed E-state index contributed by atoms with van der Waals surface area (Å²) >= 11 is 0. The number of nitrogens with two attached hydrogens (primary N) is 1. The first-order chi connectivity index (χ1) is 9.17. The molecule has 1 aromatic rings. The number of nitrogens with zero attached hydrogens (tertiary/aromatic N) is 2. The molecular formula is C15H27N3O. The van der Waals surface area contributed by atoms with E-state index < -0.39 is 0 Å². The molecule has 0 amide bonds. The number of hydrogen-bond donors (Lipinski definition) is 1. The lowest BCUT2D eigenvalue weighted by Gasteiger charge is -2.26. The Labute approximate surface area is 116 Å². The van der Waals surface area contributed by atoms with Crippen LogP contribution in [0.1, 0.15) is 64.1 Å². The molecule has 1 saturated carbocycles. The summed E-state index contributed by atoms with van der Waals surface area (Å²) in [5.74, 6) is 0. The summed E-state index contributed by atoms with van der Waals surface area (Å²) in [7, 11) is 0. The van der Waals surface area contributed by atoms with Crippen LogP contribution < -0.4 is 5.73 Å². The van der Waals surface area contributed by atoms with Crippen LogP contribution in [0.3, 0.4) is 0 Å². The van der Waals surface area contributed by atoms with Crippen molar-refractivity contribution in [3.63, 3.8) is 0 Å². The molecule has 4 heteroatoms. The van der Waals surface area contributed by atoms with Crippen LogP contribution in [0.4, 0.5) is 0 Å². The molecule has 0 aliphatic heterocycles. The van der Waals surface area contributed by atoms with Crippen LogP contribution >= 0.6 is 0 Å². The number of rotatable bonds is 6. The number of ether oxygens (including phenoxy) is 1. The maximum atomic E-state index is 5.91. The highest BCUT2D eigenvalue weighted by atomic mass is 16.5. The highest BCUT2D eigenvalue weighted by Gasteiger charge is 2.21. The summed E-state index contributed by atoms with van der Waals surface area (Å²) in [5, 5.41) is 4.66. The third-order valence-electron chi connectivity index (χ3n) is 4.36. The summed E-state index contributed by atoms with van der Waals surface area (Å²) in [4.78, 5) is 0. The maximum Gasteiger partial charge on any atom is 0.0914 e. The molecule has 1 unspecified atom stereocenters. The average Bonchev–Trinajstić information content (AvgIpc) is 2.95. The van der Waals surface area contributed by atoms with Gasteiger partial charge in [-0.15, -0.1) is 0 Å². The second kappa shape index (κ2) is 6.53. The lowest BCUT2D eigenvalue weighted by atomic mass is 9.96. The van der Waals surface area contributed by atoms with Crippen molar-refractivity contribution in [3.05, 3.63) is 18.0 Å². The van der Waals surface area contributed by atoms with Crippen molar-refractivity contribution in [1.82, 2.24) is 9.78 Å². The van der Waals surface area contributed by atoms with Gasteiger partial charge in [0, 0.05) is 12.7 Å². The Hall–Kier alpha value is -0.870. The lowest BCUT2D eigenvalue weighted by molar-refractivity contribution is -0.0403.